The van der Waals surface area contributed by atoms with Gasteiger partial charge in [-0.1, -0.05) is 15.9 Å². The molecule has 0 heterocycles. The van der Waals surface area contributed by atoms with Crippen molar-refractivity contribution in [1.82, 2.24) is 0 Å². The Balaban J connectivity index is 2.45. The van der Waals surface area contributed by atoms with Crippen LogP contribution in [0.3, 0.4) is 0 Å². The van der Waals surface area contributed by atoms with E-state index in [1.807, 2.05) is 0 Å². The molecule has 104 valence electrons. The minimum Gasteiger partial charge on any atom is -0.508 e. The monoisotopic (exact) mass is 525 g/mol. The van der Waals surface area contributed by atoms with Gasteiger partial charge in [-0.25, -0.2) is 0 Å². The first-order valence-corrected chi connectivity index (χ1v) is 8.46. The quantitative estimate of drug-likeness (QED) is 0.477. The van der Waals surface area contributed by atoms with Crippen LogP contribution in [0.15, 0.2) is 47.1 Å². The smallest absolute Gasteiger partial charge is 0.138 e. The van der Waals surface area contributed by atoms with Crippen LogP contribution in [0.1, 0.15) is 5.56 Å². The summed E-state index contributed by atoms with van der Waals surface area (Å²) in [6.45, 7) is 0. The molecule has 7 heteroatoms. The Morgan fingerprint density at radius 2 is 1.45 bits per heavy atom. The minimum absolute atomic E-state index is 0.114. The van der Waals surface area contributed by atoms with Crippen LogP contribution in [0.4, 0.5) is 5.69 Å². The topological polar surface area (TPSA) is 52.8 Å². The molecule has 0 saturated carbocycles. The summed E-state index contributed by atoms with van der Waals surface area (Å²) >= 11 is 13.3. The standard InChI is InChI=1S/C13H7Br4NO2/c14-7-1-6(13(20)11(17)2-7)5-18-12-9(15)3-8(19)4-10(12)16/h1-5,19-20H. The van der Waals surface area contributed by atoms with E-state index in [-0.39, 0.29) is 11.5 Å². The number of phenols is 2. The third-order valence-corrected chi connectivity index (χ3v) is 4.66. The summed E-state index contributed by atoms with van der Waals surface area (Å²) in [6, 6.07) is 6.60. The van der Waals surface area contributed by atoms with Gasteiger partial charge in [0.1, 0.15) is 11.5 Å². The van der Waals surface area contributed by atoms with Crippen LogP contribution in [0.2, 0.25) is 0 Å². The summed E-state index contributed by atoms with van der Waals surface area (Å²) in [7, 11) is 0. The highest BCUT2D eigenvalue weighted by molar-refractivity contribution is 9.11. The highest BCUT2D eigenvalue weighted by Crippen LogP contribution is 2.37. The number of benzene rings is 2. The van der Waals surface area contributed by atoms with E-state index in [4.69, 9.17) is 0 Å². The molecule has 2 aromatic carbocycles. The van der Waals surface area contributed by atoms with E-state index in [2.05, 4.69) is 68.7 Å². The van der Waals surface area contributed by atoms with Gasteiger partial charge >= 0.3 is 0 Å². The van der Waals surface area contributed by atoms with Crippen LogP contribution in [0, 0.1) is 0 Å². The van der Waals surface area contributed by atoms with Gasteiger partial charge in [-0.3, -0.25) is 4.99 Å². The number of halogens is 4. The van der Waals surface area contributed by atoms with Gasteiger partial charge in [0.25, 0.3) is 0 Å². The zero-order valence-corrected chi connectivity index (χ0v) is 16.1. The van der Waals surface area contributed by atoms with E-state index in [9.17, 15) is 10.2 Å². The van der Waals surface area contributed by atoms with E-state index in [0.717, 1.165) is 4.47 Å². The lowest BCUT2D eigenvalue weighted by Gasteiger charge is -2.05. The SMILES string of the molecule is Oc1cc(Br)c(N=Cc2cc(Br)cc(Br)c2O)c(Br)c1. The van der Waals surface area contributed by atoms with Gasteiger partial charge in [0, 0.05) is 25.2 Å². The molecule has 0 aliphatic carbocycles. The van der Waals surface area contributed by atoms with Crippen molar-refractivity contribution in [1.29, 1.82) is 0 Å². The molecule has 3 nitrogen and oxygen atoms in total. The van der Waals surface area contributed by atoms with E-state index < -0.39 is 0 Å². The highest BCUT2D eigenvalue weighted by Gasteiger charge is 2.08. The van der Waals surface area contributed by atoms with Crippen LogP contribution in [0.5, 0.6) is 11.5 Å². The summed E-state index contributed by atoms with van der Waals surface area (Å²) in [4.78, 5) is 4.33. The summed E-state index contributed by atoms with van der Waals surface area (Å²) in [5.74, 6) is 0.249. The highest BCUT2D eigenvalue weighted by atomic mass is 79.9. The molecular formula is C13H7Br4NO2. The van der Waals surface area contributed by atoms with Gasteiger partial charge in [-0.15, -0.1) is 0 Å². The van der Waals surface area contributed by atoms with E-state index >= 15 is 0 Å². The molecule has 2 aromatic rings. The molecule has 0 unspecified atom stereocenters. The molecule has 0 saturated heterocycles. The number of rotatable bonds is 2. The van der Waals surface area contributed by atoms with Crippen molar-refractivity contribution in [2.75, 3.05) is 0 Å². The molecule has 0 aliphatic rings. The zero-order chi connectivity index (χ0) is 14.9. The lowest BCUT2D eigenvalue weighted by molar-refractivity contribution is 0.471. The van der Waals surface area contributed by atoms with Gasteiger partial charge in [0.2, 0.25) is 0 Å². The Labute approximate surface area is 149 Å². The number of nitrogens with zero attached hydrogens (tertiary/aromatic N) is 1. The normalized spacial score (nSPS) is 11.2. The summed E-state index contributed by atoms with van der Waals surface area (Å²) in [6.07, 6.45) is 1.55. The van der Waals surface area contributed by atoms with Crippen LogP contribution in [-0.4, -0.2) is 16.4 Å². The number of hydrogen-bond donors (Lipinski definition) is 2. The Morgan fingerprint density at radius 3 is 2.05 bits per heavy atom. The molecule has 0 aromatic heterocycles. The first-order chi connectivity index (χ1) is 9.38. The molecule has 2 rings (SSSR count). The zero-order valence-electron chi connectivity index (χ0n) is 9.74. The minimum atomic E-state index is 0.114. The van der Waals surface area contributed by atoms with E-state index in [0.29, 0.717) is 24.7 Å². The summed E-state index contributed by atoms with van der Waals surface area (Å²) in [5, 5.41) is 19.4. The summed E-state index contributed by atoms with van der Waals surface area (Å²) in [5.41, 5.74) is 1.19. The maximum Gasteiger partial charge on any atom is 0.138 e. The van der Waals surface area contributed by atoms with Crippen LogP contribution >= 0.6 is 63.7 Å². The van der Waals surface area contributed by atoms with Crippen molar-refractivity contribution in [2.45, 2.75) is 0 Å². The first kappa shape index (κ1) is 16.0. The molecular weight excluding hydrogens is 522 g/mol. The molecule has 20 heavy (non-hydrogen) atoms. The lowest BCUT2D eigenvalue weighted by atomic mass is 10.2. The third kappa shape index (κ3) is 3.63. The number of aliphatic imine (C=N–C) groups is 1. The molecule has 0 spiro atoms. The fraction of sp³-hybridized carbons (Fsp3) is 0. The van der Waals surface area contributed by atoms with Crippen LogP contribution < -0.4 is 0 Å². The molecule has 0 atom stereocenters. The third-order valence-electron chi connectivity index (χ3n) is 2.39. The molecule has 0 bridgehead atoms. The predicted molar refractivity (Wildman–Crippen MR) is 94.3 cm³/mol. The first-order valence-electron chi connectivity index (χ1n) is 5.28. The average Bonchev–Trinajstić information content (AvgIpc) is 2.33. The van der Waals surface area contributed by atoms with Gasteiger partial charge in [0.05, 0.1) is 10.2 Å². The maximum atomic E-state index is 9.96. The van der Waals surface area contributed by atoms with E-state index in [1.54, 1.807) is 30.5 Å². The van der Waals surface area contributed by atoms with Crippen molar-refractivity contribution in [3.8, 4) is 11.5 Å². The molecule has 0 radical (unpaired) electrons. The Morgan fingerprint density at radius 1 is 0.850 bits per heavy atom. The van der Waals surface area contributed by atoms with Crippen molar-refractivity contribution in [2.24, 2.45) is 4.99 Å². The lowest BCUT2D eigenvalue weighted by Crippen LogP contribution is -1.85. The summed E-state index contributed by atoms with van der Waals surface area (Å²) < 4.78 is 2.70. The van der Waals surface area contributed by atoms with Crippen molar-refractivity contribution in [3.63, 3.8) is 0 Å². The fourth-order valence-corrected chi connectivity index (χ4v) is 4.12. The predicted octanol–water partition coefficient (Wildman–Crippen LogP) is 5.90. The van der Waals surface area contributed by atoms with E-state index in [1.165, 1.54) is 0 Å². The maximum absolute atomic E-state index is 9.96. The van der Waals surface area contributed by atoms with Gasteiger partial charge in [-0.05, 0) is 72.1 Å². The Hall–Kier alpha value is -0.370. The molecule has 2 N–H and O–H groups in total. The van der Waals surface area contributed by atoms with Crippen molar-refractivity contribution >= 4 is 75.6 Å². The second-order valence-corrected chi connectivity index (χ2v) is 7.32. The molecule has 0 aliphatic heterocycles. The van der Waals surface area contributed by atoms with Crippen LogP contribution in [-0.2, 0) is 0 Å². The molecule has 0 fully saturated rings. The van der Waals surface area contributed by atoms with Gasteiger partial charge < -0.3 is 10.2 Å². The average molecular weight is 529 g/mol. The largest absolute Gasteiger partial charge is 0.508 e. The van der Waals surface area contributed by atoms with Gasteiger partial charge in [0.15, 0.2) is 0 Å². The fourth-order valence-electron chi connectivity index (χ4n) is 1.49. The molecule has 0 amide bonds. The second-order valence-electron chi connectivity index (χ2n) is 3.84. The van der Waals surface area contributed by atoms with Crippen LogP contribution in [0.25, 0.3) is 0 Å². The number of phenolic OH excluding ortho intramolecular Hbond substituents is 2. The Kier molecular flexibility index (Phi) is 5.28. The number of hydrogen-bond acceptors (Lipinski definition) is 3. The number of aromatic hydroxyl groups is 2. The van der Waals surface area contributed by atoms with Crippen molar-refractivity contribution < 1.29 is 10.2 Å². The Bertz CT molecular complexity index is 678. The second kappa shape index (κ2) is 6.60. The van der Waals surface area contributed by atoms with Gasteiger partial charge in [-0.2, -0.15) is 0 Å². The van der Waals surface area contributed by atoms with Crippen molar-refractivity contribution in [3.05, 3.63) is 47.7 Å².